The Labute approximate surface area is 192 Å². The quantitative estimate of drug-likeness (QED) is 0.714. The van der Waals surface area contributed by atoms with Crippen molar-refractivity contribution in [3.05, 3.63) is 71.3 Å². The summed E-state index contributed by atoms with van der Waals surface area (Å²) < 4.78 is 0. The summed E-state index contributed by atoms with van der Waals surface area (Å²) in [6.45, 7) is 9.43. The number of carbonyl (C=O) groups excluding carboxylic acids is 1. The smallest absolute Gasteiger partial charge is 0.248 e. The SMILES string of the molecule is Cc1ccc(CNC(=O)[C@@]23C[C@@H]4CN(CC(C)C)[C@@H]([C@@H]4C=N2)[C@@H]3Cc2ccccc2)cc1. The van der Waals surface area contributed by atoms with Crippen LogP contribution in [0.15, 0.2) is 59.6 Å². The van der Waals surface area contributed by atoms with Crippen molar-refractivity contribution >= 4 is 12.1 Å². The minimum atomic E-state index is -0.656. The summed E-state index contributed by atoms with van der Waals surface area (Å²) in [5.41, 5.74) is 3.02. The molecule has 1 saturated heterocycles. The highest BCUT2D eigenvalue weighted by atomic mass is 16.2. The van der Waals surface area contributed by atoms with Crippen molar-refractivity contribution in [3.8, 4) is 0 Å². The molecule has 1 saturated carbocycles. The lowest BCUT2D eigenvalue weighted by Crippen LogP contribution is -2.64. The van der Waals surface area contributed by atoms with Crippen LogP contribution in [-0.2, 0) is 17.8 Å². The maximum atomic E-state index is 13.8. The monoisotopic (exact) mass is 429 g/mol. The lowest BCUT2D eigenvalue weighted by atomic mass is 9.59. The van der Waals surface area contributed by atoms with Crippen molar-refractivity contribution in [2.24, 2.45) is 28.7 Å². The average Bonchev–Trinajstić information content (AvgIpc) is 3.08. The molecule has 4 aliphatic rings. The number of rotatable bonds is 7. The summed E-state index contributed by atoms with van der Waals surface area (Å²) in [6, 6.07) is 19.5. The first-order chi connectivity index (χ1) is 15.5. The Kier molecular flexibility index (Phi) is 5.66. The van der Waals surface area contributed by atoms with Crippen molar-refractivity contribution in [1.82, 2.24) is 10.2 Å². The summed E-state index contributed by atoms with van der Waals surface area (Å²) in [6.07, 6.45) is 3.92. The number of nitrogens with zero attached hydrogens (tertiary/aromatic N) is 2. The van der Waals surface area contributed by atoms with Gasteiger partial charge >= 0.3 is 0 Å². The number of aryl methyl sites for hydroxylation is 1. The lowest BCUT2D eigenvalue weighted by molar-refractivity contribution is -0.132. The van der Waals surface area contributed by atoms with Crippen LogP contribution in [0.1, 0.15) is 37.0 Å². The van der Waals surface area contributed by atoms with E-state index >= 15 is 0 Å². The zero-order valence-electron chi connectivity index (χ0n) is 19.5. The summed E-state index contributed by atoms with van der Waals surface area (Å²) in [4.78, 5) is 21.5. The van der Waals surface area contributed by atoms with Gasteiger partial charge in [0.2, 0.25) is 5.91 Å². The average molecular weight is 430 g/mol. The number of nitrogens with one attached hydrogen (secondary N) is 1. The minimum Gasteiger partial charge on any atom is -0.350 e. The third kappa shape index (κ3) is 3.79. The molecule has 32 heavy (non-hydrogen) atoms. The molecular weight excluding hydrogens is 394 g/mol. The second kappa shape index (κ2) is 8.47. The molecule has 3 heterocycles. The molecule has 2 aromatic carbocycles. The largest absolute Gasteiger partial charge is 0.350 e. The number of likely N-dealkylation sites (tertiary alicyclic amines) is 1. The van der Waals surface area contributed by atoms with Crippen molar-refractivity contribution in [3.63, 3.8) is 0 Å². The highest BCUT2D eigenvalue weighted by Gasteiger charge is 2.63. The Morgan fingerprint density at radius 2 is 1.88 bits per heavy atom. The first-order valence-electron chi connectivity index (χ1n) is 12.1. The lowest BCUT2D eigenvalue weighted by Gasteiger charge is -2.51. The molecule has 3 aliphatic heterocycles. The number of hydrogen-bond acceptors (Lipinski definition) is 3. The molecule has 4 bridgehead atoms. The normalized spacial score (nSPS) is 30.8. The molecule has 1 amide bonds. The fourth-order valence-corrected chi connectivity index (χ4v) is 6.39. The van der Waals surface area contributed by atoms with Gasteiger partial charge in [0.1, 0.15) is 5.54 Å². The molecule has 168 valence electrons. The Bertz CT molecular complexity index is 983. The molecule has 0 spiro atoms. The van der Waals surface area contributed by atoms with Crippen LogP contribution >= 0.6 is 0 Å². The number of hydrogen-bond donors (Lipinski definition) is 1. The number of carbonyl (C=O) groups is 1. The van der Waals surface area contributed by atoms with E-state index < -0.39 is 5.54 Å². The van der Waals surface area contributed by atoms with Gasteiger partial charge < -0.3 is 5.32 Å². The third-order valence-corrected chi connectivity index (χ3v) is 7.77. The second-order valence-corrected chi connectivity index (χ2v) is 10.5. The predicted molar refractivity (Wildman–Crippen MR) is 130 cm³/mol. The van der Waals surface area contributed by atoms with Gasteiger partial charge in [-0.2, -0.15) is 0 Å². The summed E-state index contributed by atoms with van der Waals surface area (Å²) >= 11 is 0. The van der Waals surface area contributed by atoms with Crippen LogP contribution in [0.5, 0.6) is 0 Å². The number of benzene rings is 2. The summed E-state index contributed by atoms with van der Waals surface area (Å²) in [5, 5.41) is 3.27. The Morgan fingerprint density at radius 3 is 2.59 bits per heavy atom. The van der Waals surface area contributed by atoms with Crippen molar-refractivity contribution in [2.75, 3.05) is 13.1 Å². The van der Waals surface area contributed by atoms with Crippen molar-refractivity contribution < 1.29 is 4.79 Å². The van der Waals surface area contributed by atoms with Crippen LogP contribution in [0, 0.1) is 30.6 Å². The molecule has 6 rings (SSSR count). The van der Waals surface area contributed by atoms with Crippen LogP contribution in [-0.4, -0.2) is 41.7 Å². The topological polar surface area (TPSA) is 44.7 Å². The van der Waals surface area contributed by atoms with E-state index in [0.717, 1.165) is 31.5 Å². The molecule has 0 unspecified atom stereocenters. The van der Waals surface area contributed by atoms with E-state index in [1.807, 2.05) is 0 Å². The Balaban J connectivity index is 1.44. The van der Waals surface area contributed by atoms with E-state index in [0.29, 0.717) is 30.3 Å². The highest BCUT2D eigenvalue weighted by molar-refractivity contribution is 5.91. The van der Waals surface area contributed by atoms with E-state index in [9.17, 15) is 4.79 Å². The van der Waals surface area contributed by atoms with E-state index in [-0.39, 0.29) is 11.8 Å². The second-order valence-electron chi connectivity index (χ2n) is 10.5. The standard InChI is InChI=1S/C28H35N3O/c1-19(2)17-31-18-23-14-28(27(32)29-15-22-11-9-20(3)10-12-22)25(26(31)24(23)16-30-28)13-21-7-5-4-6-8-21/h4-12,16,19,23-26H,13-15,17-18H2,1-3H3,(H,29,32)/t23-,24-,25+,26+,28+/m1/s1. The van der Waals surface area contributed by atoms with Crippen LogP contribution in [0.2, 0.25) is 0 Å². The van der Waals surface area contributed by atoms with Crippen LogP contribution in [0.4, 0.5) is 0 Å². The Hall–Kier alpha value is -2.46. The molecule has 0 radical (unpaired) electrons. The van der Waals surface area contributed by atoms with Gasteiger partial charge in [-0.3, -0.25) is 14.7 Å². The van der Waals surface area contributed by atoms with Gasteiger partial charge in [-0.25, -0.2) is 0 Å². The zero-order chi connectivity index (χ0) is 22.3. The van der Waals surface area contributed by atoms with Crippen molar-refractivity contribution in [1.29, 1.82) is 0 Å². The fourth-order valence-electron chi connectivity index (χ4n) is 6.39. The van der Waals surface area contributed by atoms with Gasteiger partial charge in [0.25, 0.3) is 0 Å². The van der Waals surface area contributed by atoms with E-state index in [1.165, 1.54) is 11.1 Å². The summed E-state index contributed by atoms with van der Waals surface area (Å²) in [5.74, 6) is 1.95. The maximum Gasteiger partial charge on any atom is 0.248 e. The van der Waals surface area contributed by atoms with Gasteiger partial charge in [-0.05, 0) is 42.7 Å². The van der Waals surface area contributed by atoms with Crippen molar-refractivity contribution in [2.45, 2.75) is 51.7 Å². The molecule has 2 fully saturated rings. The van der Waals surface area contributed by atoms with Gasteiger partial charge in [0.05, 0.1) is 0 Å². The number of aliphatic imine (C=N–C) groups is 1. The van der Waals surface area contributed by atoms with Gasteiger partial charge in [-0.15, -0.1) is 0 Å². The van der Waals surface area contributed by atoms with Crippen LogP contribution in [0.3, 0.4) is 0 Å². The first kappa shape index (κ1) is 21.4. The van der Waals surface area contributed by atoms with Gasteiger partial charge in [-0.1, -0.05) is 74.0 Å². The number of amides is 1. The molecule has 5 atom stereocenters. The summed E-state index contributed by atoms with van der Waals surface area (Å²) in [7, 11) is 0. The first-order valence-corrected chi connectivity index (χ1v) is 12.1. The molecule has 2 aromatic rings. The van der Waals surface area contributed by atoms with Gasteiger partial charge in [0, 0.05) is 43.7 Å². The minimum absolute atomic E-state index is 0.106. The highest BCUT2D eigenvalue weighted by Crippen LogP contribution is 2.54. The predicted octanol–water partition coefficient (Wildman–Crippen LogP) is 4.27. The molecule has 1 N–H and O–H groups in total. The van der Waals surface area contributed by atoms with Gasteiger partial charge in [0.15, 0.2) is 0 Å². The molecule has 0 aromatic heterocycles. The molecular formula is C28H35N3O. The fraction of sp³-hybridized carbons (Fsp3) is 0.500. The molecule has 4 nitrogen and oxygen atoms in total. The van der Waals surface area contributed by atoms with E-state index in [4.69, 9.17) is 4.99 Å². The van der Waals surface area contributed by atoms with E-state index in [1.54, 1.807) is 0 Å². The van der Waals surface area contributed by atoms with Crippen LogP contribution in [0.25, 0.3) is 0 Å². The van der Waals surface area contributed by atoms with E-state index in [2.05, 4.69) is 91.8 Å². The maximum absolute atomic E-state index is 13.8. The van der Waals surface area contributed by atoms with Crippen LogP contribution < -0.4 is 5.32 Å². The third-order valence-electron chi connectivity index (χ3n) is 7.77. The molecule has 4 heteroatoms. The molecule has 1 aliphatic carbocycles. The zero-order valence-corrected chi connectivity index (χ0v) is 19.5. The Morgan fingerprint density at radius 1 is 1.12 bits per heavy atom.